The van der Waals surface area contributed by atoms with Gasteiger partial charge in [-0.3, -0.25) is 20.1 Å². The molecule has 11 nitrogen and oxygen atoms in total. The number of anilines is 4. The molecule has 0 saturated heterocycles. The fourth-order valence-electron chi connectivity index (χ4n) is 4.33. The predicted molar refractivity (Wildman–Crippen MR) is 182 cm³/mol. The maximum atomic E-state index is 12.7. The zero-order chi connectivity index (χ0) is 40.5. The molecule has 300 valence electrons. The molecule has 52 heavy (non-hydrogen) atoms. The van der Waals surface area contributed by atoms with Crippen LogP contribution in [0.2, 0.25) is 0 Å². The van der Waals surface area contributed by atoms with Gasteiger partial charge in [0.1, 0.15) is 0 Å². The van der Waals surface area contributed by atoms with E-state index in [1.807, 2.05) is 47.3 Å². The van der Waals surface area contributed by atoms with E-state index in [-0.39, 0.29) is 19.2 Å². The van der Waals surface area contributed by atoms with Crippen molar-refractivity contribution in [1.29, 1.82) is 0 Å². The van der Waals surface area contributed by atoms with E-state index in [1.54, 1.807) is 12.1 Å². The highest BCUT2D eigenvalue weighted by Gasteiger charge is 2.44. The summed E-state index contributed by atoms with van der Waals surface area (Å²) in [6.45, 7) is 10.9. The van der Waals surface area contributed by atoms with E-state index < -0.39 is 30.7 Å². The van der Waals surface area contributed by atoms with Crippen molar-refractivity contribution in [2.45, 2.75) is 91.4 Å². The quantitative estimate of drug-likeness (QED) is 0.0682. The van der Waals surface area contributed by atoms with Crippen LogP contribution in [0.4, 0.5) is 62.5 Å². The molecule has 0 saturated carbocycles. The molecule has 20 heteroatoms. The lowest BCUT2D eigenvalue weighted by Gasteiger charge is -2.38. The molecule has 0 unspecified atom stereocenters. The van der Waals surface area contributed by atoms with Crippen LogP contribution in [-0.4, -0.2) is 81.5 Å². The van der Waals surface area contributed by atoms with Crippen molar-refractivity contribution in [2.24, 2.45) is 0 Å². The van der Waals surface area contributed by atoms with Gasteiger partial charge in [-0.05, 0) is 51.1 Å². The number of alkyl halides is 9. The van der Waals surface area contributed by atoms with Crippen LogP contribution in [0.25, 0.3) is 0 Å². The van der Waals surface area contributed by atoms with Crippen LogP contribution in [0.3, 0.4) is 0 Å². The van der Waals surface area contributed by atoms with E-state index in [0.717, 1.165) is 75.5 Å². The maximum absolute atomic E-state index is 12.7. The molecular weight excluding hydrogens is 715 g/mol. The Morgan fingerprint density at radius 2 is 1.50 bits per heavy atom. The predicted octanol–water partition coefficient (Wildman–Crippen LogP) is 5.62. The Labute approximate surface area is 298 Å². The zero-order valence-electron chi connectivity index (χ0n) is 30.1. The van der Waals surface area contributed by atoms with Crippen LogP contribution < -0.4 is 36.5 Å². The van der Waals surface area contributed by atoms with Crippen molar-refractivity contribution in [3.05, 3.63) is 30.6 Å². The summed E-state index contributed by atoms with van der Waals surface area (Å²) < 4.78 is 105. The summed E-state index contributed by atoms with van der Waals surface area (Å²) >= 11 is 0. The molecule has 0 fully saturated rings. The lowest BCUT2D eigenvalue weighted by Crippen LogP contribution is -2.49. The second kappa shape index (κ2) is 25.7. The number of hydrogen-bond donors (Lipinski definition) is 4. The number of aldehydes is 1. The molecule has 0 aliphatic carbocycles. The van der Waals surface area contributed by atoms with E-state index in [1.165, 1.54) is 6.07 Å². The van der Waals surface area contributed by atoms with Gasteiger partial charge in [-0.1, -0.05) is 33.6 Å². The summed E-state index contributed by atoms with van der Waals surface area (Å²) in [5.74, 6) is -1.07. The van der Waals surface area contributed by atoms with Gasteiger partial charge in [-0.2, -0.15) is 39.5 Å². The van der Waals surface area contributed by atoms with Gasteiger partial charge in [-0.25, -0.2) is 9.13 Å². The summed E-state index contributed by atoms with van der Waals surface area (Å²) in [4.78, 5) is 33.2. The lowest BCUT2D eigenvalue weighted by atomic mass is 10.1. The third kappa shape index (κ3) is 22.6. The molecule has 2 amide bonds. The summed E-state index contributed by atoms with van der Waals surface area (Å²) in [6.07, 6.45) is -4.85. The Morgan fingerprint density at radius 1 is 0.904 bits per heavy atom. The van der Waals surface area contributed by atoms with E-state index in [9.17, 15) is 49.1 Å². The number of fused-ring (bicyclic) bond motifs is 1. The van der Waals surface area contributed by atoms with Gasteiger partial charge in [0, 0.05) is 38.8 Å². The summed E-state index contributed by atoms with van der Waals surface area (Å²) in [5.41, 5.74) is 12.9. The lowest BCUT2D eigenvalue weighted by molar-refractivity contribution is -0.682. The number of nitrogens with two attached hydrogens (primary N) is 2. The van der Waals surface area contributed by atoms with Gasteiger partial charge in [0.15, 0.2) is 0 Å². The van der Waals surface area contributed by atoms with Gasteiger partial charge in [0.25, 0.3) is 0 Å². The molecule has 0 atom stereocenters. The van der Waals surface area contributed by atoms with Crippen LogP contribution in [-0.2, 0) is 27.5 Å². The van der Waals surface area contributed by atoms with Crippen molar-refractivity contribution < 1.29 is 58.5 Å². The third-order valence-corrected chi connectivity index (χ3v) is 6.52. The molecule has 0 bridgehead atoms. The minimum Gasteiger partial charge on any atom is -0.399 e. The first-order valence-corrected chi connectivity index (χ1v) is 16.5. The van der Waals surface area contributed by atoms with Gasteiger partial charge in [-0.15, -0.1) is 0 Å². The average molecular weight is 768 g/mol. The normalized spacial score (nSPS) is 12.3. The van der Waals surface area contributed by atoms with Crippen LogP contribution >= 0.6 is 0 Å². The maximum Gasteiger partial charge on any atom is 0.471 e. The van der Waals surface area contributed by atoms with Crippen LogP contribution in [0.15, 0.2) is 30.6 Å². The molecule has 0 radical (unpaired) electrons. The Kier molecular flexibility index (Phi) is 24.6. The Balaban J connectivity index is 0. The van der Waals surface area contributed by atoms with E-state index in [0.29, 0.717) is 24.5 Å². The summed E-state index contributed by atoms with van der Waals surface area (Å²) in [6, 6.07) is 4.77. The molecule has 1 aromatic carbocycles. The molecular formula is C32H52F9N8O3+. The highest BCUT2D eigenvalue weighted by Crippen LogP contribution is 2.37. The monoisotopic (exact) mass is 767 g/mol. The standard InChI is InChI=1S/C15H20F3N3O.C11H21N5O.C2HF3O.C2H3F3.C2H6/c1-2-3-4-7-20-8-9-21(14(22)15(16,17)18)13-10-11(19)5-6-12(13)20;1-13-4-2-6-15-8-9-16(11(15)12)7-3-5-14-10-17;3-2(4,5)1-6;1-2(3,4)5;1-2/h5-6,10H,2-4,7-9,19H2,1H3;8-10,12-13H,2-7H2,1H3,(H,14,17);1H;1H3;1-2H3/p+1. The highest BCUT2D eigenvalue weighted by molar-refractivity contribution is 6.01. The van der Waals surface area contributed by atoms with Crippen LogP contribution in [0, 0.1) is 0 Å². The first kappa shape index (κ1) is 49.9. The Morgan fingerprint density at radius 3 is 2.00 bits per heavy atom. The number of benzene rings is 1. The van der Waals surface area contributed by atoms with Gasteiger partial charge < -0.3 is 26.2 Å². The first-order valence-electron chi connectivity index (χ1n) is 16.5. The van der Waals surface area contributed by atoms with E-state index >= 15 is 0 Å². The number of imidazole rings is 1. The molecule has 3 rings (SSSR count). The summed E-state index contributed by atoms with van der Waals surface area (Å²) in [7, 11) is 1.94. The summed E-state index contributed by atoms with van der Waals surface area (Å²) in [5, 5.41) is 5.75. The van der Waals surface area contributed by atoms with Crippen molar-refractivity contribution in [1.82, 2.24) is 15.2 Å². The van der Waals surface area contributed by atoms with Crippen molar-refractivity contribution in [3.8, 4) is 0 Å². The molecule has 6 N–H and O–H groups in total. The van der Waals surface area contributed by atoms with Crippen LogP contribution in [0.1, 0.15) is 59.8 Å². The first-order chi connectivity index (χ1) is 24.2. The smallest absolute Gasteiger partial charge is 0.399 e. The Bertz CT molecular complexity index is 1280. The fourth-order valence-corrected chi connectivity index (χ4v) is 4.33. The molecule has 1 aliphatic heterocycles. The fraction of sp³-hybridized carbons (Fsp3) is 0.625. The number of carbonyl (C=O) groups is 3. The topological polar surface area (TPSA) is 143 Å². The second-order valence-corrected chi connectivity index (χ2v) is 10.8. The number of aromatic nitrogens is 2. The van der Waals surface area contributed by atoms with Gasteiger partial charge in [0.05, 0.1) is 36.9 Å². The molecule has 1 aliphatic rings. The van der Waals surface area contributed by atoms with Gasteiger partial charge in [0.2, 0.25) is 12.7 Å². The minimum absolute atomic E-state index is 0.0148. The molecule has 0 spiro atoms. The second-order valence-electron chi connectivity index (χ2n) is 10.8. The van der Waals surface area contributed by atoms with Gasteiger partial charge >= 0.3 is 30.4 Å². The number of hydrogen-bond acceptors (Lipinski definition) is 7. The third-order valence-electron chi connectivity index (χ3n) is 6.52. The highest BCUT2D eigenvalue weighted by atomic mass is 19.4. The molecule has 2 heterocycles. The Hall–Kier alpha value is -4.23. The number of rotatable bonds is 13. The number of halogens is 9. The van der Waals surface area contributed by atoms with Crippen LogP contribution in [0.5, 0.6) is 0 Å². The SMILES string of the molecule is CC.CC(F)(F)F.CCCCCN1CCN(C(=O)C(F)(F)F)c2cc(N)ccc21.CNCCCn1cc[n+](CCCNC=O)c1N.O=CC(F)(F)F. The number of nitrogens with zero attached hydrogens (tertiary/aromatic N) is 4. The average Bonchev–Trinajstić information content (AvgIpc) is 3.41. The number of nitrogen functional groups attached to an aromatic ring is 2. The number of carbonyl (C=O) groups excluding carboxylic acids is 3. The van der Waals surface area contributed by atoms with Crippen molar-refractivity contribution in [3.63, 3.8) is 0 Å². The number of unbranched alkanes of at least 4 members (excludes halogenated alkanes) is 2. The number of nitrogens with one attached hydrogen (secondary N) is 2. The number of aryl methyl sites for hydroxylation is 2. The van der Waals surface area contributed by atoms with E-state index in [4.69, 9.17) is 16.3 Å². The van der Waals surface area contributed by atoms with Crippen molar-refractivity contribution >= 4 is 41.6 Å². The van der Waals surface area contributed by atoms with Crippen molar-refractivity contribution in [2.75, 3.05) is 61.0 Å². The number of amides is 2. The largest absolute Gasteiger partial charge is 0.471 e. The molecule has 1 aromatic heterocycles. The zero-order valence-corrected chi connectivity index (χ0v) is 30.1. The van der Waals surface area contributed by atoms with E-state index in [2.05, 4.69) is 17.6 Å². The minimum atomic E-state index is -4.88. The molecule has 2 aromatic rings.